The number of carbonyl (C=O) groups excluding carboxylic acids is 2. The zero-order valence-electron chi connectivity index (χ0n) is 12.6. The van der Waals surface area contributed by atoms with Gasteiger partial charge in [-0.2, -0.15) is 0 Å². The topological polar surface area (TPSA) is 69.0 Å². The minimum absolute atomic E-state index is 0.137. The van der Waals surface area contributed by atoms with Crippen molar-refractivity contribution in [1.29, 1.82) is 0 Å². The first-order valence-corrected chi connectivity index (χ1v) is 7.05. The number of nitrogens with one attached hydrogen (secondary N) is 1. The van der Waals surface area contributed by atoms with Crippen molar-refractivity contribution in [2.45, 2.75) is 31.9 Å². The van der Waals surface area contributed by atoms with Gasteiger partial charge in [-0.15, -0.1) is 0 Å². The molecule has 0 heterocycles. The number of nitrogens with zero attached hydrogens (tertiary/aromatic N) is 1. The van der Waals surface area contributed by atoms with E-state index in [9.17, 15) is 9.59 Å². The molecule has 22 heavy (non-hydrogen) atoms. The van der Waals surface area contributed by atoms with Crippen LogP contribution in [0.15, 0.2) is 30.3 Å². The summed E-state index contributed by atoms with van der Waals surface area (Å²) < 4.78 is 9.74. The maximum atomic E-state index is 11.7. The third-order valence-corrected chi connectivity index (χ3v) is 3.00. The fourth-order valence-electron chi connectivity index (χ4n) is 1.84. The second kappa shape index (κ2) is 10.2. The van der Waals surface area contributed by atoms with Crippen LogP contribution < -0.4 is 5.32 Å². The SMILES string of the molecule is [C-]#[N+]CCCCC(NC(=O)OCc1ccccc1)C(=O)OC. The van der Waals surface area contributed by atoms with Crippen LogP contribution in [0.2, 0.25) is 0 Å². The summed E-state index contributed by atoms with van der Waals surface area (Å²) in [4.78, 5) is 26.6. The van der Waals surface area contributed by atoms with E-state index in [0.29, 0.717) is 25.8 Å². The molecule has 0 bridgehead atoms. The Labute approximate surface area is 130 Å². The number of carbonyl (C=O) groups is 2. The molecule has 6 nitrogen and oxygen atoms in total. The molecule has 0 saturated heterocycles. The molecule has 6 heteroatoms. The van der Waals surface area contributed by atoms with E-state index >= 15 is 0 Å². The number of esters is 1. The molecule has 0 radical (unpaired) electrons. The second-order valence-electron chi connectivity index (χ2n) is 4.66. The van der Waals surface area contributed by atoms with Gasteiger partial charge in [-0.05, 0) is 18.4 Å². The molecule has 0 aromatic heterocycles. The maximum Gasteiger partial charge on any atom is 0.408 e. The first-order chi connectivity index (χ1) is 10.7. The Morgan fingerprint density at radius 3 is 2.64 bits per heavy atom. The number of amides is 1. The normalized spacial score (nSPS) is 11.1. The molecule has 0 saturated carbocycles. The highest BCUT2D eigenvalue weighted by Gasteiger charge is 2.21. The van der Waals surface area contributed by atoms with Gasteiger partial charge in [0.25, 0.3) is 0 Å². The molecule has 1 unspecified atom stereocenters. The van der Waals surface area contributed by atoms with Crippen LogP contribution in [0.4, 0.5) is 4.79 Å². The number of benzene rings is 1. The molecule has 1 aromatic rings. The van der Waals surface area contributed by atoms with Crippen LogP contribution in [-0.4, -0.2) is 31.8 Å². The minimum Gasteiger partial charge on any atom is -0.467 e. The quantitative estimate of drug-likeness (QED) is 0.455. The van der Waals surface area contributed by atoms with Gasteiger partial charge in [0.2, 0.25) is 6.54 Å². The number of alkyl carbamates (subject to hydrolysis) is 1. The van der Waals surface area contributed by atoms with E-state index in [1.54, 1.807) is 0 Å². The summed E-state index contributed by atoms with van der Waals surface area (Å²) in [5.41, 5.74) is 0.865. The number of ether oxygens (including phenoxy) is 2. The van der Waals surface area contributed by atoms with Crippen LogP contribution in [0.5, 0.6) is 0 Å². The maximum absolute atomic E-state index is 11.7. The summed E-state index contributed by atoms with van der Waals surface area (Å²) in [7, 11) is 1.27. The smallest absolute Gasteiger partial charge is 0.408 e. The second-order valence-corrected chi connectivity index (χ2v) is 4.66. The Hall–Kier alpha value is -2.55. The van der Waals surface area contributed by atoms with Gasteiger partial charge in [-0.25, -0.2) is 16.2 Å². The van der Waals surface area contributed by atoms with Crippen molar-refractivity contribution < 1.29 is 19.1 Å². The van der Waals surface area contributed by atoms with Gasteiger partial charge in [-0.1, -0.05) is 30.3 Å². The summed E-state index contributed by atoms with van der Waals surface area (Å²) >= 11 is 0. The van der Waals surface area contributed by atoms with Crippen molar-refractivity contribution in [2.24, 2.45) is 0 Å². The number of hydrogen-bond acceptors (Lipinski definition) is 4. The highest BCUT2D eigenvalue weighted by molar-refractivity contribution is 5.81. The molecule has 1 atom stereocenters. The van der Waals surface area contributed by atoms with E-state index in [1.807, 2.05) is 30.3 Å². The highest BCUT2D eigenvalue weighted by atomic mass is 16.6. The largest absolute Gasteiger partial charge is 0.467 e. The average molecular weight is 304 g/mol. The van der Waals surface area contributed by atoms with Crippen molar-refractivity contribution in [3.05, 3.63) is 47.3 Å². The van der Waals surface area contributed by atoms with Crippen LogP contribution in [-0.2, 0) is 20.9 Å². The van der Waals surface area contributed by atoms with Gasteiger partial charge < -0.3 is 19.6 Å². The van der Waals surface area contributed by atoms with Crippen LogP contribution in [0.1, 0.15) is 24.8 Å². The molecule has 1 aromatic carbocycles. The molecule has 0 spiro atoms. The number of methoxy groups -OCH3 is 1. The van der Waals surface area contributed by atoms with E-state index in [0.717, 1.165) is 5.56 Å². The van der Waals surface area contributed by atoms with Crippen molar-refractivity contribution >= 4 is 12.1 Å². The van der Waals surface area contributed by atoms with E-state index < -0.39 is 18.1 Å². The lowest BCUT2D eigenvalue weighted by Gasteiger charge is -2.16. The lowest BCUT2D eigenvalue weighted by molar-refractivity contribution is -0.143. The molecule has 0 fully saturated rings. The van der Waals surface area contributed by atoms with Crippen LogP contribution in [0.25, 0.3) is 4.85 Å². The van der Waals surface area contributed by atoms with Crippen LogP contribution in [0.3, 0.4) is 0 Å². The molecule has 1 amide bonds. The Morgan fingerprint density at radius 2 is 2.00 bits per heavy atom. The summed E-state index contributed by atoms with van der Waals surface area (Å²) in [6.45, 7) is 7.25. The predicted octanol–water partition coefficient (Wildman–Crippen LogP) is 2.54. The minimum atomic E-state index is -0.751. The third kappa shape index (κ3) is 6.75. The first-order valence-electron chi connectivity index (χ1n) is 7.05. The Morgan fingerprint density at radius 1 is 1.27 bits per heavy atom. The number of unbranched alkanes of at least 4 members (excludes halogenated alkanes) is 1. The summed E-state index contributed by atoms with van der Waals surface area (Å²) in [5.74, 6) is -0.514. The lowest BCUT2D eigenvalue weighted by Crippen LogP contribution is -2.41. The van der Waals surface area contributed by atoms with Gasteiger partial charge in [0.15, 0.2) is 0 Å². The lowest BCUT2D eigenvalue weighted by atomic mass is 10.1. The Balaban J connectivity index is 2.41. The zero-order valence-corrected chi connectivity index (χ0v) is 12.6. The average Bonchev–Trinajstić information content (AvgIpc) is 2.56. The van der Waals surface area contributed by atoms with Gasteiger partial charge in [0, 0.05) is 6.42 Å². The zero-order chi connectivity index (χ0) is 16.2. The molecular weight excluding hydrogens is 284 g/mol. The molecule has 0 aliphatic carbocycles. The molecule has 1 N–H and O–H groups in total. The molecular formula is C16H20N2O4. The molecule has 0 aliphatic rings. The summed E-state index contributed by atoms with van der Waals surface area (Å²) in [5, 5.41) is 2.50. The van der Waals surface area contributed by atoms with E-state index in [-0.39, 0.29) is 6.61 Å². The highest BCUT2D eigenvalue weighted by Crippen LogP contribution is 2.05. The molecule has 0 aliphatic heterocycles. The summed E-state index contributed by atoms with van der Waals surface area (Å²) in [6.07, 6.45) is 1.09. The Bertz CT molecular complexity index is 511. The molecule has 1 rings (SSSR count). The standard InChI is InChI=1S/C16H20N2O4/c1-17-11-7-6-10-14(15(19)21-2)18-16(20)22-12-13-8-4-3-5-9-13/h3-5,8-9,14H,6-7,10-12H2,2H3,(H,18,20). The van der Waals surface area contributed by atoms with Crippen LogP contribution in [0, 0.1) is 6.57 Å². The number of rotatable bonds is 8. The predicted molar refractivity (Wildman–Crippen MR) is 80.9 cm³/mol. The summed E-state index contributed by atoms with van der Waals surface area (Å²) in [6, 6.07) is 8.51. The van der Waals surface area contributed by atoms with Crippen molar-refractivity contribution in [1.82, 2.24) is 5.32 Å². The van der Waals surface area contributed by atoms with E-state index in [1.165, 1.54) is 7.11 Å². The Kier molecular flexibility index (Phi) is 8.13. The van der Waals surface area contributed by atoms with Gasteiger partial charge in [0.05, 0.1) is 7.11 Å². The monoisotopic (exact) mass is 304 g/mol. The fourth-order valence-corrected chi connectivity index (χ4v) is 1.84. The van der Waals surface area contributed by atoms with E-state index in [4.69, 9.17) is 11.3 Å². The van der Waals surface area contributed by atoms with Gasteiger partial charge in [0.1, 0.15) is 12.6 Å². The van der Waals surface area contributed by atoms with Gasteiger partial charge >= 0.3 is 12.1 Å². The van der Waals surface area contributed by atoms with Crippen molar-refractivity contribution in [3.8, 4) is 0 Å². The fraction of sp³-hybridized carbons (Fsp3) is 0.438. The van der Waals surface area contributed by atoms with Crippen molar-refractivity contribution in [3.63, 3.8) is 0 Å². The molecule has 118 valence electrons. The third-order valence-electron chi connectivity index (χ3n) is 3.00. The first kappa shape index (κ1) is 17.5. The van der Waals surface area contributed by atoms with Crippen molar-refractivity contribution in [2.75, 3.05) is 13.7 Å². The van der Waals surface area contributed by atoms with Crippen LogP contribution >= 0.6 is 0 Å². The number of hydrogen-bond donors (Lipinski definition) is 1. The van der Waals surface area contributed by atoms with Gasteiger partial charge in [-0.3, -0.25) is 0 Å². The van der Waals surface area contributed by atoms with E-state index in [2.05, 4.69) is 14.9 Å².